The first-order valence-electron chi connectivity index (χ1n) is 19.2. The molecule has 2 aliphatic heterocycles. The molecule has 1 unspecified atom stereocenters. The van der Waals surface area contributed by atoms with E-state index in [2.05, 4.69) is 22.0 Å². The Morgan fingerprint density at radius 1 is 0.596 bits per heavy atom. The zero-order valence-electron chi connectivity index (χ0n) is 34.6. The molecule has 21 nitrogen and oxygen atoms in total. The molecule has 0 aromatic carbocycles. The van der Waals surface area contributed by atoms with Gasteiger partial charge in [0.05, 0.1) is 45.8 Å². The van der Waals surface area contributed by atoms with Crippen molar-refractivity contribution in [3.63, 3.8) is 0 Å². The molecule has 5 amide bonds. The first-order valence-corrected chi connectivity index (χ1v) is 19.2. The van der Waals surface area contributed by atoms with E-state index in [9.17, 15) is 43.8 Å². The van der Waals surface area contributed by atoms with Gasteiger partial charge in [-0.05, 0) is 25.4 Å². The van der Waals surface area contributed by atoms with Crippen molar-refractivity contribution in [1.82, 2.24) is 49.4 Å². The van der Waals surface area contributed by atoms with Crippen LogP contribution in [0.4, 0.5) is 0 Å². The lowest BCUT2D eigenvalue weighted by Gasteiger charge is -2.33. The van der Waals surface area contributed by atoms with E-state index in [4.69, 9.17) is 9.90 Å². The predicted octanol–water partition coefficient (Wildman–Crippen LogP) is -3.61. The van der Waals surface area contributed by atoms with E-state index in [1.54, 1.807) is 9.80 Å². The summed E-state index contributed by atoms with van der Waals surface area (Å²) < 4.78 is 0. The van der Waals surface area contributed by atoms with Crippen LogP contribution >= 0.6 is 0 Å². The van der Waals surface area contributed by atoms with Gasteiger partial charge in [-0.2, -0.15) is 0 Å². The maximum absolute atomic E-state index is 13.3. The molecule has 0 spiro atoms. The van der Waals surface area contributed by atoms with Crippen molar-refractivity contribution in [2.24, 2.45) is 5.92 Å². The van der Waals surface area contributed by atoms with Crippen molar-refractivity contribution in [3.8, 4) is 0 Å². The highest BCUT2D eigenvalue weighted by Crippen LogP contribution is 2.13. The molecule has 0 saturated carbocycles. The van der Waals surface area contributed by atoms with Crippen LogP contribution in [0.2, 0.25) is 0 Å². The van der Waals surface area contributed by atoms with Crippen molar-refractivity contribution in [3.05, 3.63) is 0 Å². The quantitative estimate of drug-likeness (QED) is 0.0978. The third-order valence-electron chi connectivity index (χ3n) is 9.91. The first kappa shape index (κ1) is 50.6. The molecule has 326 valence electrons. The zero-order chi connectivity index (χ0) is 43.1. The Bertz CT molecular complexity index is 1330. The number of hydrogen-bond donors (Lipinski definition) is 4. The number of nitrogens with one attached hydrogen (secondary N) is 1. The van der Waals surface area contributed by atoms with Crippen LogP contribution in [0.15, 0.2) is 0 Å². The molecule has 2 aliphatic rings. The molecule has 2 saturated heterocycles. The summed E-state index contributed by atoms with van der Waals surface area (Å²) in [5, 5.41) is 28.5. The lowest BCUT2D eigenvalue weighted by molar-refractivity contribution is -0.144. The minimum absolute atomic E-state index is 0.00978. The zero-order valence-corrected chi connectivity index (χ0v) is 34.6. The largest absolute Gasteiger partial charge is 0.483 e. The molecule has 4 N–H and O–H groups in total. The molecule has 21 heteroatoms. The SMILES string of the molecule is CCN1CCN(CC(=O)O)CCN(CC(=O)O)CCN(CC(=O)N(C)CC(=O)N(C)CC(=O)N(C)CC(=O)N(C)CC(=O)NCCN2CCC(C)C2)CC1.O=CO. The molecule has 1 atom stereocenters. The lowest BCUT2D eigenvalue weighted by Crippen LogP contribution is -2.50. The van der Waals surface area contributed by atoms with Gasteiger partial charge in [-0.15, -0.1) is 0 Å². The van der Waals surface area contributed by atoms with Crippen LogP contribution in [0.25, 0.3) is 0 Å². The number of carbonyl (C=O) groups is 8. The Morgan fingerprint density at radius 2 is 0.965 bits per heavy atom. The van der Waals surface area contributed by atoms with E-state index in [1.165, 1.54) is 47.8 Å². The van der Waals surface area contributed by atoms with Gasteiger partial charge in [-0.25, -0.2) is 0 Å². The summed E-state index contributed by atoms with van der Waals surface area (Å²) in [5.41, 5.74) is 0. The number of hydrogen-bond acceptors (Lipinski definition) is 13. The van der Waals surface area contributed by atoms with Gasteiger partial charge < -0.3 is 50.0 Å². The van der Waals surface area contributed by atoms with Gasteiger partial charge in [-0.1, -0.05) is 13.8 Å². The minimum Gasteiger partial charge on any atom is -0.483 e. The topological polar surface area (TPSA) is 238 Å². The Morgan fingerprint density at radius 3 is 1.33 bits per heavy atom. The Labute approximate surface area is 336 Å². The van der Waals surface area contributed by atoms with E-state index in [1.807, 2.05) is 11.8 Å². The average Bonchev–Trinajstić information content (AvgIpc) is 3.55. The number of rotatable bonds is 18. The van der Waals surface area contributed by atoms with Crippen LogP contribution in [0, 0.1) is 5.92 Å². The number of carboxylic acids is 2. The summed E-state index contributed by atoms with van der Waals surface area (Å²) in [4.78, 5) is 110. The van der Waals surface area contributed by atoms with Crippen molar-refractivity contribution in [2.45, 2.75) is 20.3 Å². The number of likely N-dealkylation sites (tertiary alicyclic amines) is 1. The average molecular weight is 815 g/mol. The van der Waals surface area contributed by atoms with E-state index < -0.39 is 29.7 Å². The molecular weight excluding hydrogens is 748 g/mol. The smallest absolute Gasteiger partial charge is 0.317 e. The molecule has 57 heavy (non-hydrogen) atoms. The van der Waals surface area contributed by atoms with Gasteiger partial charge in [0.25, 0.3) is 6.47 Å². The Hall–Kier alpha value is -4.44. The minimum atomic E-state index is -1.00. The van der Waals surface area contributed by atoms with Gasteiger partial charge in [0, 0.05) is 100 Å². The van der Waals surface area contributed by atoms with Crippen molar-refractivity contribution >= 4 is 47.9 Å². The van der Waals surface area contributed by atoms with E-state index >= 15 is 0 Å². The van der Waals surface area contributed by atoms with Gasteiger partial charge in [0.2, 0.25) is 29.5 Å². The van der Waals surface area contributed by atoms with Crippen molar-refractivity contribution in [1.29, 1.82) is 0 Å². The number of nitrogens with zero attached hydrogens (tertiary/aromatic N) is 9. The Kier molecular flexibility index (Phi) is 24.2. The summed E-state index contributed by atoms with van der Waals surface area (Å²) in [6.45, 7) is 10.3. The molecule has 0 aromatic rings. The molecule has 0 radical (unpaired) electrons. The van der Waals surface area contributed by atoms with E-state index in [-0.39, 0.29) is 64.1 Å². The summed E-state index contributed by atoms with van der Waals surface area (Å²) in [6.07, 6.45) is 1.15. The number of carbonyl (C=O) groups excluding carboxylic acids is 5. The van der Waals surface area contributed by atoms with Crippen molar-refractivity contribution < 1.29 is 53.7 Å². The number of carboxylic acid groups (broad SMARTS) is 3. The van der Waals surface area contributed by atoms with Gasteiger partial charge in [-0.3, -0.25) is 53.1 Å². The number of aliphatic carboxylic acids is 2. The van der Waals surface area contributed by atoms with Gasteiger partial charge >= 0.3 is 11.9 Å². The second-order valence-corrected chi connectivity index (χ2v) is 14.7. The molecule has 0 aliphatic carbocycles. The normalized spacial score (nSPS) is 17.8. The third-order valence-corrected chi connectivity index (χ3v) is 9.91. The second-order valence-electron chi connectivity index (χ2n) is 14.7. The summed E-state index contributed by atoms with van der Waals surface area (Å²) in [6, 6.07) is 0. The fraction of sp³-hybridized carbons (Fsp3) is 0.778. The summed E-state index contributed by atoms with van der Waals surface area (Å²) in [5.74, 6) is -3.28. The molecule has 2 rings (SSSR count). The summed E-state index contributed by atoms with van der Waals surface area (Å²) >= 11 is 0. The third kappa shape index (κ3) is 21.6. The van der Waals surface area contributed by atoms with E-state index in [0.717, 1.165) is 32.6 Å². The number of likely N-dealkylation sites (N-methyl/N-ethyl adjacent to an activating group) is 5. The molecule has 2 heterocycles. The fourth-order valence-electron chi connectivity index (χ4n) is 6.24. The predicted molar refractivity (Wildman–Crippen MR) is 209 cm³/mol. The highest BCUT2D eigenvalue weighted by Gasteiger charge is 2.25. The van der Waals surface area contributed by atoms with Crippen LogP contribution in [0.5, 0.6) is 0 Å². The standard InChI is InChI=1S/C35H64N10O9.CH2O2/c1-7-41-12-14-43(16-17-45(27-35(53)54)19-18-44(15-13-41)26-34(51)52)25-33(50)40(6)24-32(49)39(5)23-31(48)38(4)22-30(47)37(3)21-29(46)36-9-11-42-10-8-28(2)20-42;2-1-3/h28H,7-27H2,1-6H3,(H,36,46)(H,51,52)(H,53,54);1H,(H,2,3). The number of amides is 5. The van der Waals surface area contributed by atoms with Crippen LogP contribution < -0.4 is 5.32 Å². The van der Waals surface area contributed by atoms with Crippen molar-refractivity contribution in [2.75, 3.05) is 159 Å². The fourth-order valence-corrected chi connectivity index (χ4v) is 6.24. The maximum atomic E-state index is 13.3. The highest BCUT2D eigenvalue weighted by atomic mass is 16.4. The molecule has 0 aromatic heterocycles. The Balaban J connectivity index is 0.00000524. The van der Waals surface area contributed by atoms with Crippen LogP contribution in [0.3, 0.4) is 0 Å². The van der Waals surface area contributed by atoms with Crippen LogP contribution in [-0.4, -0.2) is 266 Å². The monoisotopic (exact) mass is 814 g/mol. The van der Waals surface area contributed by atoms with Gasteiger partial charge in [0.15, 0.2) is 0 Å². The molecule has 2 fully saturated rings. The second kappa shape index (κ2) is 27.2. The molecule has 0 bridgehead atoms. The van der Waals surface area contributed by atoms with Crippen LogP contribution in [0.1, 0.15) is 20.3 Å². The maximum Gasteiger partial charge on any atom is 0.317 e. The van der Waals surface area contributed by atoms with E-state index in [0.29, 0.717) is 64.8 Å². The lowest BCUT2D eigenvalue weighted by atomic mass is 10.2. The highest BCUT2D eigenvalue weighted by molar-refractivity contribution is 5.91. The summed E-state index contributed by atoms with van der Waals surface area (Å²) in [7, 11) is 5.88. The van der Waals surface area contributed by atoms with Gasteiger partial charge in [0.1, 0.15) is 0 Å². The molecular formula is C36H66N10O11. The first-order chi connectivity index (χ1) is 26.9. The van der Waals surface area contributed by atoms with Crippen LogP contribution in [-0.2, 0) is 38.4 Å².